The van der Waals surface area contributed by atoms with Crippen LogP contribution in [0.2, 0.25) is 0 Å². The average Bonchev–Trinajstić information content (AvgIpc) is 1.91. The maximum atomic E-state index is 2.20. The minimum absolute atomic E-state index is 0. The second-order valence-corrected chi connectivity index (χ2v) is 2.24. The van der Waals surface area contributed by atoms with Crippen LogP contribution >= 0.6 is 0 Å². The summed E-state index contributed by atoms with van der Waals surface area (Å²) in [6, 6.07) is 10.6. The molecule has 0 atom stereocenters. The summed E-state index contributed by atoms with van der Waals surface area (Å²) in [5.41, 5.74) is 1.44. The van der Waals surface area contributed by atoms with Gasteiger partial charge in [0, 0.05) is 0 Å². The van der Waals surface area contributed by atoms with E-state index in [9.17, 15) is 0 Å². The predicted octanol–water partition coefficient (Wildman–Crippen LogP) is 0.0934. The molecular weight excluding hydrogens is 127 g/mol. The smallest absolute Gasteiger partial charge is 0.358 e. The second kappa shape index (κ2) is 7.92. The van der Waals surface area contributed by atoms with Crippen molar-refractivity contribution < 1.29 is 18.9 Å². The molecule has 0 amide bonds. The SMILES string of the molecule is CCCc1ccccc1.[CH3-].[Li+]. The summed E-state index contributed by atoms with van der Waals surface area (Å²) in [6.07, 6.45) is 2.45. The van der Waals surface area contributed by atoms with Crippen LogP contribution < -0.4 is 18.9 Å². The van der Waals surface area contributed by atoms with Gasteiger partial charge in [0.2, 0.25) is 0 Å². The molecule has 0 aliphatic carbocycles. The van der Waals surface area contributed by atoms with Crippen LogP contribution in [0.1, 0.15) is 18.9 Å². The Labute approximate surface area is 82.2 Å². The Kier molecular flexibility index (Phi) is 9.65. The molecule has 56 valence electrons. The van der Waals surface area contributed by atoms with E-state index >= 15 is 0 Å². The van der Waals surface area contributed by atoms with E-state index in [1.807, 2.05) is 0 Å². The summed E-state index contributed by atoms with van der Waals surface area (Å²) in [4.78, 5) is 0. The van der Waals surface area contributed by atoms with E-state index in [1.165, 1.54) is 18.4 Å². The average molecular weight is 142 g/mol. The minimum Gasteiger partial charge on any atom is -0.358 e. The van der Waals surface area contributed by atoms with Gasteiger partial charge in [0.1, 0.15) is 0 Å². The van der Waals surface area contributed by atoms with E-state index in [4.69, 9.17) is 0 Å². The van der Waals surface area contributed by atoms with E-state index < -0.39 is 0 Å². The van der Waals surface area contributed by atoms with Crippen LogP contribution in [0.4, 0.5) is 0 Å². The Morgan fingerprint density at radius 1 is 1.09 bits per heavy atom. The van der Waals surface area contributed by atoms with Crippen LogP contribution in [-0.4, -0.2) is 0 Å². The molecule has 0 saturated carbocycles. The fourth-order valence-corrected chi connectivity index (χ4v) is 0.933. The molecule has 0 heterocycles. The van der Waals surface area contributed by atoms with Gasteiger partial charge in [0.15, 0.2) is 0 Å². The van der Waals surface area contributed by atoms with Crippen molar-refractivity contribution in [1.82, 2.24) is 0 Å². The molecule has 1 rings (SSSR count). The number of hydrogen-bond donors (Lipinski definition) is 0. The summed E-state index contributed by atoms with van der Waals surface area (Å²) in [5.74, 6) is 0. The van der Waals surface area contributed by atoms with Crippen molar-refractivity contribution in [1.29, 1.82) is 0 Å². The zero-order valence-electron chi connectivity index (χ0n) is 7.80. The van der Waals surface area contributed by atoms with Gasteiger partial charge in [0.05, 0.1) is 0 Å². The van der Waals surface area contributed by atoms with Crippen LogP contribution in [-0.2, 0) is 6.42 Å². The van der Waals surface area contributed by atoms with Crippen molar-refractivity contribution in [3.8, 4) is 0 Å². The fourth-order valence-electron chi connectivity index (χ4n) is 0.933. The monoisotopic (exact) mass is 142 g/mol. The summed E-state index contributed by atoms with van der Waals surface area (Å²) < 4.78 is 0. The molecule has 0 radical (unpaired) electrons. The van der Waals surface area contributed by atoms with Gasteiger partial charge in [-0.3, -0.25) is 0 Å². The molecule has 0 fully saturated rings. The third kappa shape index (κ3) is 5.13. The van der Waals surface area contributed by atoms with Crippen LogP contribution in [0.3, 0.4) is 0 Å². The Morgan fingerprint density at radius 3 is 2.09 bits per heavy atom. The minimum atomic E-state index is 0. The fraction of sp³-hybridized carbons (Fsp3) is 0.300. The zero-order chi connectivity index (χ0) is 6.53. The maximum absolute atomic E-state index is 2.20. The van der Waals surface area contributed by atoms with Crippen molar-refractivity contribution in [3.63, 3.8) is 0 Å². The van der Waals surface area contributed by atoms with E-state index in [0.717, 1.165) is 0 Å². The molecule has 0 nitrogen and oxygen atoms in total. The van der Waals surface area contributed by atoms with Crippen LogP contribution in [0, 0.1) is 7.43 Å². The molecule has 0 aliphatic heterocycles. The maximum Gasteiger partial charge on any atom is 1.00 e. The molecule has 0 saturated heterocycles. The first-order valence-electron chi connectivity index (χ1n) is 3.47. The molecule has 0 spiro atoms. The Bertz CT molecular complexity index is 158. The normalized spacial score (nSPS) is 7.73. The van der Waals surface area contributed by atoms with Gasteiger partial charge in [-0.1, -0.05) is 43.7 Å². The van der Waals surface area contributed by atoms with Crippen molar-refractivity contribution in [2.45, 2.75) is 19.8 Å². The van der Waals surface area contributed by atoms with Gasteiger partial charge in [-0.15, -0.1) is 0 Å². The number of benzene rings is 1. The van der Waals surface area contributed by atoms with E-state index in [1.54, 1.807) is 0 Å². The summed E-state index contributed by atoms with van der Waals surface area (Å²) in [5, 5.41) is 0. The Hall–Kier alpha value is -0.183. The van der Waals surface area contributed by atoms with E-state index in [-0.39, 0.29) is 26.3 Å². The van der Waals surface area contributed by atoms with Crippen molar-refractivity contribution in [2.75, 3.05) is 0 Å². The molecule has 1 aromatic rings. The first-order chi connectivity index (χ1) is 4.43. The Morgan fingerprint density at radius 2 is 1.64 bits per heavy atom. The number of aryl methyl sites for hydroxylation is 1. The van der Waals surface area contributed by atoms with Gasteiger partial charge < -0.3 is 7.43 Å². The third-order valence-electron chi connectivity index (χ3n) is 1.38. The van der Waals surface area contributed by atoms with Gasteiger partial charge in [-0.2, -0.15) is 0 Å². The summed E-state index contributed by atoms with van der Waals surface area (Å²) in [7, 11) is 0. The molecule has 0 N–H and O–H groups in total. The largest absolute Gasteiger partial charge is 1.00 e. The number of rotatable bonds is 2. The topological polar surface area (TPSA) is 0 Å². The first kappa shape index (κ1) is 13.4. The number of hydrogen-bond acceptors (Lipinski definition) is 0. The van der Waals surface area contributed by atoms with Crippen molar-refractivity contribution >= 4 is 0 Å². The van der Waals surface area contributed by atoms with Crippen molar-refractivity contribution in [3.05, 3.63) is 43.3 Å². The van der Waals surface area contributed by atoms with Gasteiger partial charge in [-0.25, -0.2) is 0 Å². The molecule has 0 aromatic heterocycles. The standard InChI is InChI=1S/C9H12.CH3.Li/c1-2-6-9-7-4-3-5-8-9;;/h3-5,7-8H,2,6H2,1H3;1H3;/q;-1;+1. The van der Waals surface area contributed by atoms with Crippen LogP contribution in [0.25, 0.3) is 0 Å². The zero-order valence-corrected chi connectivity index (χ0v) is 7.80. The molecule has 0 unspecified atom stereocenters. The quantitative estimate of drug-likeness (QED) is 0.405. The summed E-state index contributed by atoms with van der Waals surface area (Å²) >= 11 is 0. The second-order valence-electron chi connectivity index (χ2n) is 2.24. The van der Waals surface area contributed by atoms with Gasteiger partial charge in [0.25, 0.3) is 0 Å². The van der Waals surface area contributed by atoms with Gasteiger partial charge in [-0.05, 0) is 12.0 Å². The van der Waals surface area contributed by atoms with E-state index in [2.05, 4.69) is 37.3 Å². The summed E-state index contributed by atoms with van der Waals surface area (Å²) in [6.45, 7) is 2.20. The first-order valence-corrected chi connectivity index (χ1v) is 3.47. The molecule has 1 heteroatoms. The molecule has 1 aromatic carbocycles. The molecule has 11 heavy (non-hydrogen) atoms. The van der Waals surface area contributed by atoms with Crippen LogP contribution in [0.15, 0.2) is 30.3 Å². The molecular formula is C10H15Li. The van der Waals surface area contributed by atoms with Gasteiger partial charge >= 0.3 is 18.9 Å². The Balaban J connectivity index is 0. The third-order valence-corrected chi connectivity index (χ3v) is 1.38. The molecule has 0 aliphatic rings. The van der Waals surface area contributed by atoms with E-state index in [0.29, 0.717) is 0 Å². The van der Waals surface area contributed by atoms with Crippen LogP contribution in [0.5, 0.6) is 0 Å². The molecule has 0 bridgehead atoms. The predicted molar refractivity (Wildman–Crippen MR) is 46.9 cm³/mol. The van der Waals surface area contributed by atoms with Crippen molar-refractivity contribution in [2.24, 2.45) is 0 Å².